The molecule has 0 saturated heterocycles. The third-order valence-corrected chi connectivity index (χ3v) is 4.24. The van der Waals surface area contributed by atoms with E-state index >= 15 is 0 Å². The predicted octanol–water partition coefficient (Wildman–Crippen LogP) is 2.60. The largest absolute Gasteiger partial charge is 0.325 e. The second-order valence-electron chi connectivity index (χ2n) is 5.37. The molecule has 0 spiro atoms. The fourth-order valence-corrected chi connectivity index (χ4v) is 3.02. The van der Waals surface area contributed by atoms with Gasteiger partial charge in [0.1, 0.15) is 12.2 Å². The van der Waals surface area contributed by atoms with Crippen LogP contribution >= 0.6 is 11.6 Å². The first-order valence-electron chi connectivity index (χ1n) is 7.21. The van der Waals surface area contributed by atoms with Crippen LogP contribution in [0.3, 0.4) is 0 Å². The Morgan fingerprint density at radius 2 is 2.09 bits per heavy atom. The van der Waals surface area contributed by atoms with Gasteiger partial charge in [-0.1, -0.05) is 17.7 Å². The lowest BCUT2D eigenvalue weighted by molar-refractivity contribution is 0.1000. The van der Waals surface area contributed by atoms with Crippen LogP contribution in [0.2, 0.25) is 5.02 Å². The van der Waals surface area contributed by atoms with E-state index in [1.54, 1.807) is 12.3 Å². The van der Waals surface area contributed by atoms with Gasteiger partial charge in [-0.2, -0.15) is 0 Å². The second-order valence-corrected chi connectivity index (χ2v) is 5.80. The minimum Gasteiger partial charge on any atom is -0.325 e. The van der Waals surface area contributed by atoms with Crippen molar-refractivity contribution in [1.82, 2.24) is 9.38 Å². The van der Waals surface area contributed by atoms with Crippen LogP contribution in [0.4, 0.5) is 0 Å². The number of fused-ring (bicyclic) bond motifs is 2. The maximum Gasteiger partial charge on any atom is 0.184 e. The maximum absolute atomic E-state index is 12.0. The van der Waals surface area contributed by atoms with Gasteiger partial charge in [0.25, 0.3) is 0 Å². The molecule has 0 saturated carbocycles. The monoisotopic (exact) mass is 324 g/mol. The van der Waals surface area contributed by atoms with Crippen LogP contribution in [-0.4, -0.2) is 34.0 Å². The van der Waals surface area contributed by atoms with Crippen molar-refractivity contribution in [3.05, 3.63) is 58.9 Å². The van der Waals surface area contributed by atoms with Crippen LogP contribution in [0.1, 0.15) is 15.9 Å². The summed E-state index contributed by atoms with van der Waals surface area (Å²) in [5.41, 5.74) is 10.7. The number of imidazole rings is 1. The average Bonchev–Trinajstić information content (AvgIpc) is 2.98. The van der Waals surface area contributed by atoms with Crippen molar-refractivity contribution in [2.24, 2.45) is 10.7 Å². The molecule has 0 radical (unpaired) electrons. The van der Waals surface area contributed by atoms with Gasteiger partial charge in [-0.05, 0) is 18.2 Å². The highest BCUT2D eigenvalue weighted by Gasteiger charge is 2.20. The number of halogens is 1. The second kappa shape index (κ2) is 5.30. The van der Waals surface area contributed by atoms with Gasteiger partial charge in [-0.3, -0.25) is 14.2 Å². The van der Waals surface area contributed by atoms with Gasteiger partial charge >= 0.3 is 0 Å². The van der Waals surface area contributed by atoms with Crippen molar-refractivity contribution >= 4 is 28.7 Å². The molecule has 114 valence electrons. The highest BCUT2D eigenvalue weighted by atomic mass is 35.5. The summed E-state index contributed by atoms with van der Waals surface area (Å²) in [6, 6.07) is 9.34. The Bertz CT molecular complexity index is 974. The van der Waals surface area contributed by atoms with Crippen molar-refractivity contribution in [3.63, 3.8) is 0 Å². The highest BCUT2D eigenvalue weighted by Crippen LogP contribution is 2.26. The summed E-state index contributed by atoms with van der Waals surface area (Å²) in [6.07, 6.45) is 3.67. The molecule has 5 nitrogen and oxygen atoms in total. The topological polar surface area (TPSA) is 72.8 Å². The van der Waals surface area contributed by atoms with Crippen LogP contribution in [0, 0.1) is 0 Å². The molecular weight excluding hydrogens is 312 g/mol. The SMILES string of the molecule is NCC1=NCC(=O)c2ccc(-c3cnc4cc(Cl)ccn34)cc21. The Morgan fingerprint density at radius 1 is 1.22 bits per heavy atom. The molecule has 0 unspecified atom stereocenters. The number of aliphatic imine (C=N–C) groups is 1. The van der Waals surface area contributed by atoms with Crippen LogP contribution in [0.15, 0.2) is 47.7 Å². The number of nitrogens with zero attached hydrogens (tertiary/aromatic N) is 3. The third kappa shape index (κ3) is 2.25. The lowest BCUT2D eigenvalue weighted by Gasteiger charge is -2.16. The minimum absolute atomic E-state index is 0.0219. The summed E-state index contributed by atoms with van der Waals surface area (Å²) < 4.78 is 1.96. The Balaban J connectivity index is 1.90. The lowest BCUT2D eigenvalue weighted by Crippen LogP contribution is -2.24. The quantitative estimate of drug-likeness (QED) is 0.787. The Labute approximate surface area is 137 Å². The minimum atomic E-state index is 0.0219. The molecule has 0 amide bonds. The number of benzene rings is 1. The molecule has 3 heterocycles. The molecular formula is C17H13ClN4O. The van der Waals surface area contributed by atoms with E-state index < -0.39 is 0 Å². The van der Waals surface area contributed by atoms with Gasteiger partial charge < -0.3 is 5.73 Å². The van der Waals surface area contributed by atoms with E-state index in [4.69, 9.17) is 17.3 Å². The lowest BCUT2D eigenvalue weighted by atomic mass is 9.94. The number of ketones is 1. The smallest absolute Gasteiger partial charge is 0.184 e. The number of pyridine rings is 1. The molecule has 4 rings (SSSR count). The fraction of sp³-hybridized carbons (Fsp3) is 0.118. The number of Topliss-reactive ketones (excluding diaryl/α,β-unsaturated/α-hetero) is 1. The zero-order valence-corrected chi connectivity index (χ0v) is 12.9. The van der Waals surface area contributed by atoms with E-state index in [-0.39, 0.29) is 12.3 Å². The molecule has 3 aromatic rings. The normalized spacial score (nSPS) is 14.0. The van der Waals surface area contributed by atoms with Crippen LogP contribution in [-0.2, 0) is 0 Å². The van der Waals surface area contributed by atoms with Gasteiger partial charge in [0.2, 0.25) is 0 Å². The van der Waals surface area contributed by atoms with E-state index in [2.05, 4.69) is 9.98 Å². The van der Waals surface area contributed by atoms with E-state index in [9.17, 15) is 4.79 Å². The van der Waals surface area contributed by atoms with Crippen molar-refractivity contribution in [2.75, 3.05) is 13.1 Å². The molecule has 0 atom stereocenters. The van der Waals surface area contributed by atoms with Crippen molar-refractivity contribution in [3.8, 4) is 11.3 Å². The molecule has 2 N–H and O–H groups in total. The standard InChI is InChI=1S/C17H13ClN4O/c18-11-3-4-22-15(8-21-17(22)6-11)10-1-2-12-13(5-10)14(7-19)20-9-16(12)23/h1-6,8H,7,9,19H2. The first-order chi connectivity index (χ1) is 11.2. The van der Waals surface area contributed by atoms with E-state index in [1.807, 2.05) is 34.9 Å². The van der Waals surface area contributed by atoms with E-state index in [0.29, 0.717) is 17.1 Å². The summed E-state index contributed by atoms with van der Waals surface area (Å²) in [5, 5.41) is 0.642. The highest BCUT2D eigenvalue weighted by molar-refractivity contribution is 6.30. The number of carbonyl (C=O) groups excluding carboxylic acids is 1. The molecule has 0 aliphatic carbocycles. The zero-order valence-electron chi connectivity index (χ0n) is 12.2. The predicted molar refractivity (Wildman–Crippen MR) is 90.4 cm³/mol. The molecule has 0 fully saturated rings. The van der Waals surface area contributed by atoms with Crippen molar-refractivity contribution < 1.29 is 4.79 Å². The summed E-state index contributed by atoms with van der Waals surface area (Å²) in [6.45, 7) is 0.486. The Hall–Kier alpha value is -2.50. The summed E-state index contributed by atoms with van der Waals surface area (Å²) in [5.74, 6) is 0.0219. The fourth-order valence-electron chi connectivity index (χ4n) is 2.87. The number of hydrogen-bond donors (Lipinski definition) is 1. The number of aromatic nitrogens is 2. The molecule has 2 aromatic heterocycles. The molecule has 1 aliphatic heterocycles. The molecule has 6 heteroatoms. The number of hydrogen-bond acceptors (Lipinski definition) is 4. The third-order valence-electron chi connectivity index (χ3n) is 4.01. The van der Waals surface area contributed by atoms with Gasteiger partial charge in [0.15, 0.2) is 5.78 Å². The Morgan fingerprint density at radius 3 is 2.91 bits per heavy atom. The van der Waals surface area contributed by atoms with Gasteiger partial charge in [-0.15, -0.1) is 0 Å². The average molecular weight is 325 g/mol. The first-order valence-corrected chi connectivity index (χ1v) is 7.59. The summed E-state index contributed by atoms with van der Waals surface area (Å²) in [4.78, 5) is 20.7. The zero-order chi connectivity index (χ0) is 16.0. The molecule has 1 aromatic carbocycles. The molecule has 1 aliphatic rings. The number of rotatable bonds is 2. The van der Waals surface area contributed by atoms with Crippen LogP contribution in [0.25, 0.3) is 16.9 Å². The van der Waals surface area contributed by atoms with E-state index in [0.717, 1.165) is 28.2 Å². The number of carbonyl (C=O) groups is 1. The van der Waals surface area contributed by atoms with Crippen LogP contribution in [0.5, 0.6) is 0 Å². The number of nitrogens with two attached hydrogens (primary N) is 1. The van der Waals surface area contributed by atoms with Crippen molar-refractivity contribution in [2.45, 2.75) is 0 Å². The van der Waals surface area contributed by atoms with Crippen molar-refractivity contribution in [1.29, 1.82) is 0 Å². The Kier molecular flexibility index (Phi) is 3.25. The summed E-state index contributed by atoms with van der Waals surface area (Å²) >= 11 is 6.00. The van der Waals surface area contributed by atoms with Gasteiger partial charge in [0.05, 0.1) is 17.6 Å². The maximum atomic E-state index is 12.0. The first kappa shape index (κ1) is 14.1. The van der Waals surface area contributed by atoms with E-state index in [1.165, 1.54) is 0 Å². The van der Waals surface area contributed by atoms with Gasteiger partial charge in [0, 0.05) is 40.5 Å². The molecule has 23 heavy (non-hydrogen) atoms. The van der Waals surface area contributed by atoms with Gasteiger partial charge in [-0.25, -0.2) is 4.98 Å². The molecule has 0 bridgehead atoms. The summed E-state index contributed by atoms with van der Waals surface area (Å²) in [7, 11) is 0. The van der Waals surface area contributed by atoms with Crippen LogP contribution < -0.4 is 5.73 Å².